The number of amides is 1. The van der Waals surface area contributed by atoms with E-state index in [-0.39, 0.29) is 42.1 Å². The maximum Gasteiger partial charge on any atom is 0.416 e. The Bertz CT molecular complexity index is 1240. The molecule has 0 N–H and O–H groups in total. The molecule has 0 unspecified atom stereocenters. The zero-order valence-electron chi connectivity index (χ0n) is 19.4. The van der Waals surface area contributed by atoms with Crippen LogP contribution in [0.2, 0.25) is 0 Å². The summed E-state index contributed by atoms with van der Waals surface area (Å²) in [7, 11) is 0. The second-order valence-electron chi connectivity index (χ2n) is 8.78. The zero-order valence-corrected chi connectivity index (χ0v) is 19.4. The number of fused-ring (bicyclic) bond motifs is 1. The number of carbonyl (C=O) groups is 1. The molecule has 0 radical (unpaired) electrons. The number of hydrogen-bond acceptors (Lipinski definition) is 3. The van der Waals surface area contributed by atoms with Crippen molar-refractivity contribution in [3.8, 4) is 17.0 Å². The van der Waals surface area contributed by atoms with Gasteiger partial charge in [0.05, 0.1) is 17.7 Å². The molecule has 2 aromatic carbocycles. The number of nitrogens with zero attached hydrogens (tertiary/aromatic N) is 2. The molecule has 0 saturated heterocycles. The van der Waals surface area contributed by atoms with E-state index < -0.39 is 35.9 Å². The minimum Gasteiger partial charge on any atom is -0.475 e. The van der Waals surface area contributed by atoms with E-state index in [0.29, 0.717) is 29.0 Å². The largest absolute Gasteiger partial charge is 0.475 e. The van der Waals surface area contributed by atoms with Gasteiger partial charge in [0.1, 0.15) is 12.2 Å². The van der Waals surface area contributed by atoms with Crippen molar-refractivity contribution in [3.05, 3.63) is 82.5 Å². The van der Waals surface area contributed by atoms with Gasteiger partial charge in [-0.15, -0.1) is 0 Å². The van der Waals surface area contributed by atoms with Gasteiger partial charge in [0, 0.05) is 17.8 Å². The lowest BCUT2D eigenvalue weighted by atomic mass is 9.96. The summed E-state index contributed by atoms with van der Waals surface area (Å²) in [5.74, 6) is -0.482. The van der Waals surface area contributed by atoms with Crippen molar-refractivity contribution in [2.75, 3.05) is 13.2 Å². The summed E-state index contributed by atoms with van der Waals surface area (Å²) in [6.07, 6.45) is -9.96. The number of alkyl halides is 6. The summed E-state index contributed by atoms with van der Waals surface area (Å²) in [6.45, 7) is 3.33. The number of rotatable bonds is 4. The molecule has 1 amide bonds. The Labute approximate surface area is 203 Å². The number of hydrogen-bond donors (Lipinski definition) is 0. The highest BCUT2D eigenvalue weighted by Gasteiger charge is 2.37. The van der Waals surface area contributed by atoms with Crippen LogP contribution < -0.4 is 4.74 Å². The van der Waals surface area contributed by atoms with Gasteiger partial charge < -0.3 is 9.64 Å². The molecule has 1 aliphatic heterocycles. The molecule has 0 bridgehead atoms. The van der Waals surface area contributed by atoms with E-state index in [1.54, 1.807) is 30.3 Å². The van der Waals surface area contributed by atoms with Gasteiger partial charge in [0.2, 0.25) is 5.88 Å². The van der Waals surface area contributed by atoms with Gasteiger partial charge in [-0.2, -0.15) is 26.3 Å². The molecular weight excluding hydrogens is 486 g/mol. The van der Waals surface area contributed by atoms with Crippen molar-refractivity contribution in [2.45, 2.75) is 38.7 Å². The summed E-state index contributed by atoms with van der Waals surface area (Å²) in [6, 6.07) is 12.1. The Morgan fingerprint density at radius 1 is 0.944 bits per heavy atom. The van der Waals surface area contributed by atoms with Crippen LogP contribution in [0.1, 0.15) is 52.5 Å². The fraction of sp³-hybridized carbons (Fsp3) is 0.308. The van der Waals surface area contributed by atoms with Gasteiger partial charge >= 0.3 is 12.4 Å². The topological polar surface area (TPSA) is 42.4 Å². The maximum absolute atomic E-state index is 13.6. The highest BCUT2D eigenvalue weighted by molar-refractivity contribution is 6.03. The number of benzene rings is 2. The molecule has 0 spiro atoms. The van der Waals surface area contributed by atoms with Crippen molar-refractivity contribution in [3.63, 3.8) is 0 Å². The van der Waals surface area contributed by atoms with Crippen molar-refractivity contribution < 1.29 is 35.9 Å². The molecule has 1 aliphatic rings. The SMILES string of the molecule is CC(C)c1cc(-c2ccccc2)c2c(n1)OCCN(Cc1cc(C(F)(F)F)cc(C(F)(F)F)c1)C2=O. The number of halogens is 6. The third-order valence-corrected chi connectivity index (χ3v) is 5.80. The second-order valence-corrected chi connectivity index (χ2v) is 8.78. The van der Waals surface area contributed by atoms with Crippen molar-refractivity contribution >= 4 is 5.91 Å². The first-order valence-corrected chi connectivity index (χ1v) is 11.2. The molecule has 0 saturated carbocycles. The molecule has 36 heavy (non-hydrogen) atoms. The van der Waals surface area contributed by atoms with E-state index in [1.807, 2.05) is 19.9 Å². The fourth-order valence-corrected chi connectivity index (χ4v) is 3.99. The number of carbonyl (C=O) groups excluding carboxylic acids is 1. The molecule has 2 heterocycles. The van der Waals surface area contributed by atoms with E-state index in [9.17, 15) is 31.1 Å². The lowest BCUT2D eigenvalue weighted by Gasteiger charge is -2.23. The normalized spacial score (nSPS) is 14.5. The Morgan fingerprint density at radius 2 is 1.56 bits per heavy atom. The lowest BCUT2D eigenvalue weighted by Crippen LogP contribution is -2.32. The third kappa shape index (κ3) is 5.32. The molecule has 0 fully saturated rings. The maximum atomic E-state index is 13.6. The van der Waals surface area contributed by atoms with Crippen molar-refractivity contribution in [1.82, 2.24) is 9.88 Å². The van der Waals surface area contributed by atoms with Crippen LogP contribution in [0, 0.1) is 0 Å². The molecule has 1 aromatic heterocycles. The van der Waals surface area contributed by atoms with Gasteiger partial charge in [0.25, 0.3) is 5.91 Å². The first-order valence-electron chi connectivity index (χ1n) is 11.2. The van der Waals surface area contributed by atoms with Crippen LogP contribution in [0.3, 0.4) is 0 Å². The van der Waals surface area contributed by atoms with Gasteiger partial charge in [0.15, 0.2) is 0 Å². The van der Waals surface area contributed by atoms with Crippen LogP contribution in [0.25, 0.3) is 11.1 Å². The van der Waals surface area contributed by atoms with Crippen LogP contribution >= 0.6 is 0 Å². The average molecular weight is 508 g/mol. The molecule has 3 aromatic rings. The van der Waals surface area contributed by atoms with E-state index in [2.05, 4.69) is 4.98 Å². The van der Waals surface area contributed by atoms with Crippen LogP contribution in [0.4, 0.5) is 26.3 Å². The van der Waals surface area contributed by atoms with E-state index >= 15 is 0 Å². The van der Waals surface area contributed by atoms with Gasteiger partial charge in [-0.3, -0.25) is 4.79 Å². The summed E-state index contributed by atoms with van der Waals surface area (Å²) in [5.41, 5.74) is -1.12. The Kier molecular flexibility index (Phi) is 6.72. The minimum absolute atomic E-state index is 0.0155. The van der Waals surface area contributed by atoms with E-state index in [0.717, 1.165) is 0 Å². The van der Waals surface area contributed by atoms with E-state index in [4.69, 9.17) is 4.74 Å². The molecule has 0 aliphatic carbocycles. The van der Waals surface area contributed by atoms with Crippen LogP contribution in [-0.2, 0) is 18.9 Å². The second kappa shape index (κ2) is 9.48. The minimum atomic E-state index is -4.98. The summed E-state index contributed by atoms with van der Waals surface area (Å²) >= 11 is 0. The van der Waals surface area contributed by atoms with Gasteiger partial charge in [-0.25, -0.2) is 4.98 Å². The Balaban J connectivity index is 1.79. The first kappa shape index (κ1) is 25.5. The van der Waals surface area contributed by atoms with Crippen LogP contribution in [-0.4, -0.2) is 28.9 Å². The predicted octanol–water partition coefficient (Wildman–Crippen LogP) is 6.94. The molecule has 4 nitrogen and oxygen atoms in total. The molecule has 10 heteroatoms. The third-order valence-electron chi connectivity index (χ3n) is 5.80. The lowest BCUT2D eigenvalue weighted by molar-refractivity contribution is -0.143. The van der Waals surface area contributed by atoms with Crippen molar-refractivity contribution in [2.24, 2.45) is 0 Å². The van der Waals surface area contributed by atoms with Crippen LogP contribution in [0.15, 0.2) is 54.6 Å². The predicted molar refractivity (Wildman–Crippen MR) is 120 cm³/mol. The van der Waals surface area contributed by atoms with E-state index in [1.165, 1.54) is 4.90 Å². The van der Waals surface area contributed by atoms with Gasteiger partial charge in [-0.1, -0.05) is 44.2 Å². The number of ether oxygens (including phenoxy) is 1. The summed E-state index contributed by atoms with van der Waals surface area (Å²) in [4.78, 5) is 19.3. The highest BCUT2D eigenvalue weighted by Crippen LogP contribution is 2.38. The Hall–Kier alpha value is -3.56. The van der Waals surface area contributed by atoms with Crippen LogP contribution in [0.5, 0.6) is 5.88 Å². The summed E-state index contributed by atoms with van der Waals surface area (Å²) < 4.78 is 85.7. The fourth-order valence-electron chi connectivity index (χ4n) is 3.99. The zero-order chi connectivity index (χ0) is 26.3. The van der Waals surface area contributed by atoms with Crippen molar-refractivity contribution in [1.29, 1.82) is 0 Å². The molecule has 190 valence electrons. The number of aromatic nitrogens is 1. The molecule has 0 atom stereocenters. The first-order chi connectivity index (χ1) is 16.8. The standard InChI is InChI=1S/C26H22F6N2O2/c1-15(2)21-13-20(17-6-4-3-5-7-17)22-23(33-21)36-9-8-34(24(22)35)14-16-10-18(25(27,28)29)12-19(11-16)26(30,31)32/h3-7,10-13,15H,8-9,14H2,1-2H3. The number of pyridine rings is 1. The van der Waals surface area contributed by atoms with Gasteiger partial charge in [-0.05, 0) is 41.3 Å². The summed E-state index contributed by atoms with van der Waals surface area (Å²) in [5, 5.41) is 0. The average Bonchev–Trinajstić information content (AvgIpc) is 2.96. The Morgan fingerprint density at radius 3 is 2.11 bits per heavy atom. The molecular formula is C26H22F6N2O2. The smallest absolute Gasteiger partial charge is 0.416 e. The monoisotopic (exact) mass is 508 g/mol. The quantitative estimate of drug-likeness (QED) is 0.359. The molecule has 4 rings (SSSR count). The highest BCUT2D eigenvalue weighted by atomic mass is 19.4.